The van der Waals surface area contributed by atoms with E-state index in [0.717, 1.165) is 23.3 Å². The number of hydrogen-bond donors (Lipinski definition) is 2. The molecule has 1 aliphatic heterocycles. The molecule has 1 unspecified atom stereocenters. The summed E-state index contributed by atoms with van der Waals surface area (Å²) in [5.41, 5.74) is 8.09. The number of rotatable bonds is 5. The Morgan fingerprint density at radius 2 is 2.22 bits per heavy atom. The lowest BCUT2D eigenvalue weighted by Gasteiger charge is -2.45. The Bertz CT molecular complexity index is 416. The summed E-state index contributed by atoms with van der Waals surface area (Å²) in [5.74, 6) is 0.897. The zero-order valence-electron chi connectivity index (χ0n) is 11.0. The average Bonchev–Trinajstić information content (AvgIpc) is 2.36. The summed E-state index contributed by atoms with van der Waals surface area (Å²) in [4.78, 5) is 0. The van der Waals surface area contributed by atoms with Crippen LogP contribution in [0, 0.1) is 0 Å². The molecule has 0 saturated carbocycles. The van der Waals surface area contributed by atoms with Crippen LogP contribution in [-0.2, 0) is 16.6 Å². The highest BCUT2D eigenvalue weighted by molar-refractivity contribution is 5.42. The van der Waals surface area contributed by atoms with Gasteiger partial charge in [0, 0.05) is 6.04 Å². The number of nitrogens with two attached hydrogens (primary N) is 1. The van der Waals surface area contributed by atoms with Crippen LogP contribution in [0.4, 0.5) is 0 Å². The fourth-order valence-corrected chi connectivity index (χ4v) is 2.46. The van der Waals surface area contributed by atoms with Crippen molar-refractivity contribution in [3.63, 3.8) is 0 Å². The van der Waals surface area contributed by atoms with Crippen molar-refractivity contribution >= 4 is 0 Å². The van der Waals surface area contributed by atoms with Crippen molar-refractivity contribution in [1.82, 2.24) is 0 Å². The fraction of sp³-hybridized carbons (Fsp3) is 0.571. The molecule has 1 fully saturated rings. The van der Waals surface area contributed by atoms with Gasteiger partial charge in [-0.2, -0.15) is 0 Å². The molecule has 0 aliphatic carbocycles. The quantitative estimate of drug-likeness (QED) is 0.814. The molecule has 0 radical (unpaired) electrons. The van der Waals surface area contributed by atoms with Gasteiger partial charge in [0.25, 0.3) is 0 Å². The second-order valence-corrected chi connectivity index (χ2v) is 4.82. The van der Waals surface area contributed by atoms with Crippen LogP contribution in [0.3, 0.4) is 0 Å². The van der Waals surface area contributed by atoms with E-state index >= 15 is 0 Å². The summed E-state index contributed by atoms with van der Waals surface area (Å²) in [5, 5.41) is 9.32. The Morgan fingerprint density at radius 3 is 2.67 bits per heavy atom. The van der Waals surface area contributed by atoms with Crippen molar-refractivity contribution in [1.29, 1.82) is 0 Å². The van der Waals surface area contributed by atoms with Gasteiger partial charge >= 0.3 is 0 Å². The molecule has 0 spiro atoms. The van der Waals surface area contributed by atoms with Crippen LogP contribution < -0.4 is 10.5 Å². The SMILES string of the molecule is CCc1cc(C2(C(N)CO)COC2)ccc1OC. The molecule has 0 aromatic heterocycles. The van der Waals surface area contributed by atoms with Crippen LogP contribution in [0.2, 0.25) is 0 Å². The predicted octanol–water partition coefficient (Wildman–Crippen LogP) is 0.845. The molecule has 2 rings (SSSR count). The maximum absolute atomic E-state index is 9.32. The lowest BCUT2D eigenvalue weighted by molar-refractivity contribution is -0.0798. The van der Waals surface area contributed by atoms with E-state index in [9.17, 15) is 5.11 Å². The molecule has 1 aromatic carbocycles. The number of aryl methyl sites for hydroxylation is 1. The number of benzene rings is 1. The van der Waals surface area contributed by atoms with Crippen LogP contribution in [0.15, 0.2) is 18.2 Å². The molecule has 4 nitrogen and oxygen atoms in total. The zero-order valence-corrected chi connectivity index (χ0v) is 11.0. The van der Waals surface area contributed by atoms with E-state index in [2.05, 4.69) is 13.0 Å². The van der Waals surface area contributed by atoms with Gasteiger partial charge in [0.05, 0.1) is 32.3 Å². The molecule has 100 valence electrons. The molecule has 0 amide bonds. The van der Waals surface area contributed by atoms with Gasteiger partial charge in [0.15, 0.2) is 0 Å². The highest BCUT2D eigenvalue weighted by Crippen LogP contribution is 2.37. The minimum Gasteiger partial charge on any atom is -0.496 e. The van der Waals surface area contributed by atoms with Gasteiger partial charge in [-0.3, -0.25) is 0 Å². The Morgan fingerprint density at radius 1 is 1.50 bits per heavy atom. The van der Waals surface area contributed by atoms with Crippen LogP contribution in [0.1, 0.15) is 18.1 Å². The average molecular weight is 251 g/mol. The van der Waals surface area contributed by atoms with Crippen LogP contribution in [0.25, 0.3) is 0 Å². The lowest BCUT2D eigenvalue weighted by atomic mass is 9.72. The normalized spacial score (nSPS) is 19.1. The van der Waals surface area contributed by atoms with Crippen LogP contribution in [-0.4, -0.2) is 38.1 Å². The summed E-state index contributed by atoms with van der Waals surface area (Å²) in [6.07, 6.45) is 0.905. The minimum absolute atomic E-state index is 0.0309. The summed E-state index contributed by atoms with van der Waals surface area (Å²) in [6, 6.07) is 5.83. The van der Waals surface area contributed by atoms with Crippen molar-refractivity contribution in [2.75, 3.05) is 26.9 Å². The highest BCUT2D eigenvalue weighted by atomic mass is 16.5. The summed E-state index contributed by atoms with van der Waals surface area (Å²) in [6.45, 7) is 3.21. The molecule has 1 heterocycles. The van der Waals surface area contributed by atoms with Crippen LogP contribution >= 0.6 is 0 Å². The van der Waals surface area contributed by atoms with E-state index in [1.165, 1.54) is 0 Å². The first-order valence-electron chi connectivity index (χ1n) is 6.29. The molecule has 0 bridgehead atoms. The third-order valence-electron chi connectivity index (χ3n) is 3.86. The first kappa shape index (κ1) is 13.3. The monoisotopic (exact) mass is 251 g/mol. The van der Waals surface area contributed by atoms with Gasteiger partial charge < -0.3 is 20.3 Å². The maximum atomic E-state index is 9.32. The summed E-state index contributed by atoms with van der Waals surface area (Å²) < 4.78 is 10.7. The molecule has 1 saturated heterocycles. The molecule has 3 N–H and O–H groups in total. The van der Waals surface area contributed by atoms with E-state index in [1.807, 2.05) is 12.1 Å². The van der Waals surface area contributed by atoms with Crippen molar-refractivity contribution < 1.29 is 14.6 Å². The Kier molecular flexibility index (Phi) is 3.90. The van der Waals surface area contributed by atoms with Gasteiger partial charge in [-0.1, -0.05) is 19.1 Å². The van der Waals surface area contributed by atoms with E-state index in [4.69, 9.17) is 15.2 Å². The standard InChI is InChI=1S/C14H21NO3/c1-3-10-6-11(4-5-12(10)17-2)14(8-18-9-14)13(15)7-16/h4-6,13,16H,3,7-9,15H2,1-2H3. The van der Waals surface area contributed by atoms with Crippen molar-refractivity contribution in [2.45, 2.75) is 24.8 Å². The number of ether oxygens (including phenoxy) is 2. The Balaban J connectivity index is 2.37. The highest BCUT2D eigenvalue weighted by Gasteiger charge is 2.45. The van der Waals surface area contributed by atoms with Crippen molar-refractivity contribution in [3.05, 3.63) is 29.3 Å². The summed E-state index contributed by atoms with van der Waals surface area (Å²) in [7, 11) is 1.68. The van der Waals surface area contributed by atoms with Gasteiger partial charge in [0.2, 0.25) is 0 Å². The van der Waals surface area contributed by atoms with E-state index in [0.29, 0.717) is 13.2 Å². The van der Waals surface area contributed by atoms with E-state index in [1.54, 1.807) is 7.11 Å². The largest absolute Gasteiger partial charge is 0.496 e. The first-order valence-corrected chi connectivity index (χ1v) is 6.29. The second kappa shape index (κ2) is 5.26. The molecule has 1 atom stereocenters. The molecule has 1 aliphatic rings. The van der Waals surface area contributed by atoms with Crippen LogP contribution in [0.5, 0.6) is 5.75 Å². The summed E-state index contributed by atoms with van der Waals surface area (Å²) >= 11 is 0. The first-order chi connectivity index (χ1) is 8.67. The zero-order chi connectivity index (χ0) is 13.2. The molecular formula is C14H21NO3. The van der Waals surface area contributed by atoms with E-state index < -0.39 is 0 Å². The molecule has 4 heteroatoms. The molecular weight excluding hydrogens is 230 g/mol. The Labute approximate surface area is 108 Å². The fourth-order valence-electron chi connectivity index (χ4n) is 2.46. The van der Waals surface area contributed by atoms with Gasteiger partial charge in [-0.25, -0.2) is 0 Å². The second-order valence-electron chi connectivity index (χ2n) is 4.82. The predicted molar refractivity (Wildman–Crippen MR) is 69.9 cm³/mol. The van der Waals surface area contributed by atoms with E-state index in [-0.39, 0.29) is 18.1 Å². The third kappa shape index (κ3) is 2.00. The van der Waals surface area contributed by atoms with Gasteiger partial charge in [-0.05, 0) is 23.6 Å². The Hall–Kier alpha value is -1.10. The number of aliphatic hydroxyl groups excluding tert-OH is 1. The minimum atomic E-state index is -0.288. The number of methoxy groups -OCH3 is 1. The maximum Gasteiger partial charge on any atom is 0.122 e. The number of hydrogen-bond acceptors (Lipinski definition) is 4. The molecule has 1 aromatic rings. The lowest BCUT2D eigenvalue weighted by Crippen LogP contribution is -2.60. The van der Waals surface area contributed by atoms with Crippen molar-refractivity contribution in [2.24, 2.45) is 5.73 Å². The van der Waals surface area contributed by atoms with Crippen molar-refractivity contribution in [3.8, 4) is 5.75 Å². The molecule has 18 heavy (non-hydrogen) atoms. The number of aliphatic hydroxyl groups is 1. The van der Waals surface area contributed by atoms with Gasteiger partial charge in [0.1, 0.15) is 5.75 Å². The topological polar surface area (TPSA) is 64.7 Å². The smallest absolute Gasteiger partial charge is 0.122 e. The van der Waals surface area contributed by atoms with Gasteiger partial charge in [-0.15, -0.1) is 0 Å². The third-order valence-corrected chi connectivity index (χ3v) is 3.86.